The monoisotopic (exact) mass is 320 g/mol. The summed E-state index contributed by atoms with van der Waals surface area (Å²) in [5, 5.41) is 13.9. The van der Waals surface area contributed by atoms with Crippen molar-refractivity contribution in [2.45, 2.75) is 19.4 Å². The third-order valence-electron chi connectivity index (χ3n) is 2.66. The van der Waals surface area contributed by atoms with E-state index in [1.807, 2.05) is 18.4 Å². The predicted octanol–water partition coefficient (Wildman–Crippen LogP) is 5.29. The van der Waals surface area contributed by atoms with Crippen molar-refractivity contribution in [3.63, 3.8) is 0 Å². The van der Waals surface area contributed by atoms with Gasteiger partial charge in [-0.15, -0.1) is 11.3 Å². The molecule has 1 aromatic carbocycles. The largest absolute Gasteiger partial charge is 0.387 e. The van der Waals surface area contributed by atoms with Gasteiger partial charge >= 0.3 is 0 Å². The molecule has 18 heavy (non-hydrogen) atoms. The van der Waals surface area contributed by atoms with Gasteiger partial charge in [0, 0.05) is 16.5 Å². The molecule has 1 nitrogen and oxygen atoms in total. The van der Waals surface area contributed by atoms with Gasteiger partial charge in [-0.1, -0.05) is 40.9 Å². The van der Waals surface area contributed by atoms with Crippen LogP contribution in [0.5, 0.6) is 0 Å². The van der Waals surface area contributed by atoms with Crippen molar-refractivity contribution in [2.24, 2.45) is 0 Å². The van der Waals surface area contributed by atoms with E-state index in [2.05, 4.69) is 0 Å². The third-order valence-corrected chi connectivity index (χ3v) is 5.06. The summed E-state index contributed by atoms with van der Waals surface area (Å²) >= 11 is 19.5. The average Bonchev–Trinajstić information content (AvgIpc) is 2.64. The lowest BCUT2D eigenvalue weighted by Gasteiger charge is -2.11. The zero-order valence-corrected chi connectivity index (χ0v) is 12.7. The van der Waals surface area contributed by atoms with Crippen LogP contribution in [0.1, 0.15) is 22.1 Å². The molecule has 0 aliphatic rings. The molecule has 1 atom stereocenters. The summed E-state index contributed by atoms with van der Waals surface area (Å²) in [6, 6.07) is 5.26. The maximum atomic E-state index is 10.2. The fourth-order valence-electron chi connectivity index (χ4n) is 1.66. The van der Waals surface area contributed by atoms with Crippen LogP contribution in [0.4, 0.5) is 0 Å². The van der Waals surface area contributed by atoms with E-state index in [4.69, 9.17) is 34.8 Å². The fourth-order valence-corrected chi connectivity index (χ4v) is 3.45. The minimum Gasteiger partial charge on any atom is -0.387 e. The third kappa shape index (κ3) is 3.01. The topological polar surface area (TPSA) is 20.2 Å². The van der Waals surface area contributed by atoms with Crippen LogP contribution in [0.25, 0.3) is 0 Å². The van der Waals surface area contributed by atoms with E-state index in [1.165, 1.54) is 11.3 Å². The Labute approximate surface area is 125 Å². The normalized spacial score (nSPS) is 12.7. The first-order chi connectivity index (χ1) is 8.49. The molecule has 1 heterocycles. The van der Waals surface area contributed by atoms with Crippen LogP contribution in [-0.4, -0.2) is 5.11 Å². The molecule has 0 fully saturated rings. The van der Waals surface area contributed by atoms with Crippen LogP contribution in [0.2, 0.25) is 15.1 Å². The molecule has 0 radical (unpaired) electrons. The highest BCUT2D eigenvalue weighted by atomic mass is 35.5. The van der Waals surface area contributed by atoms with Gasteiger partial charge in [-0.3, -0.25) is 0 Å². The second-order valence-corrected chi connectivity index (χ2v) is 6.19. The Bertz CT molecular complexity index is 565. The number of hydrogen-bond donors (Lipinski definition) is 1. The average molecular weight is 322 g/mol. The van der Waals surface area contributed by atoms with Gasteiger partial charge in [0.2, 0.25) is 0 Å². The lowest BCUT2D eigenvalue weighted by Crippen LogP contribution is -2.01. The summed E-state index contributed by atoms with van der Waals surface area (Å²) in [4.78, 5) is 0.778. The van der Waals surface area contributed by atoms with Gasteiger partial charge in [-0.25, -0.2) is 0 Å². The van der Waals surface area contributed by atoms with Crippen molar-refractivity contribution in [1.29, 1.82) is 0 Å². The molecule has 2 rings (SSSR count). The minimum atomic E-state index is -0.644. The van der Waals surface area contributed by atoms with Gasteiger partial charge in [-0.05, 0) is 35.6 Å². The van der Waals surface area contributed by atoms with E-state index < -0.39 is 6.10 Å². The molecular formula is C13H11Cl3OS. The number of thiophene rings is 1. The number of hydrogen-bond acceptors (Lipinski definition) is 2. The Morgan fingerprint density at radius 2 is 2.00 bits per heavy atom. The molecule has 1 N–H and O–H groups in total. The zero-order chi connectivity index (χ0) is 13.3. The first-order valence-corrected chi connectivity index (χ1v) is 7.36. The maximum absolute atomic E-state index is 10.2. The highest BCUT2D eigenvalue weighted by Crippen LogP contribution is 2.35. The second kappa shape index (κ2) is 5.81. The molecule has 2 aromatic rings. The molecule has 0 aliphatic carbocycles. The minimum absolute atomic E-state index is 0.426. The highest BCUT2D eigenvalue weighted by molar-refractivity contribution is 7.10. The van der Waals surface area contributed by atoms with Crippen LogP contribution in [0, 0.1) is 6.92 Å². The van der Waals surface area contributed by atoms with Crippen molar-refractivity contribution in [3.8, 4) is 0 Å². The first-order valence-electron chi connectivity index (χ1n) is 5.34. The smallest absolute Gasteiger partial charge is 0.0937 e. The van der Waals surface area contributed by atoms with Crippen molar-refractivity contribution < 1.29 is 5.11 Å². The number of aryl methyl sites for hydroxylation is 1. The SMILES string of the molecule is Cc1csc(C(O)Cc2ccc(Cl)cc2Cl)c1Cl. The Kier molecular flexibility index (Phi) is 4.57. The number of benzene rings is 1. The molecule has 5 heteroatoms. The molecular weight excluding hydrogens is 311 g/mol. The Hall–Kier alpha value is -0.250. The van der Waals surface area contributed by atoms with Crippen LogP contribution in [0.3, 0.4) is 0 Å². The van der Waals surface area contributed by atoms with Crippen LogP contribution in [-0.2, 0) is 6.42 Å². The van der Waals surface area contributed by atoms with Crippen molar-refractivity contribution in [1.82, 2.24) is 0 Å². The molecule has 0 aliphatic heterocycles. The quantitative estimate of drug-likeness (QED) is 0.814. The standard InChI is InChI=1S/C13H11Cl3OS/c1-7-6-18-13(12(7)16)11(17)4-8-2-3-9(14)5-10(8)15/h2-3,5-6,11,17H,4H2,1H3. The second-order valence-electron chi connectivity index (χ2n) is 4.05. The summed E-state index contributed by atoms with van der Waals surface area (Å²) < 4.78 is 0. The molecule has 0 bridgehead atoms. The highest BCUT2D eigenvalue weighted by Gasteiger charge is 2.17. The van der Waals surface area contributed by atoms with Gasteiger partial charge in [0.05, 0.1) is 16.0 Å². The molecule has 1 unspecified atom stereocenters. The Morgan fingerprint density at radius 3 is 2.56 bits per heavy atom. The maximum Gasteiger partial charge on any atom is 0.0937 e. The van der Waals surface area contributed by atoms with Crippen molar-refractivity contribution >= 4 is 46.1 Å². The Morgan fingerprint density at radius 1 is 1.28 bits per heavy atom. The summed E-state index contributed by atoms with van der Waals surface area (Å²) in [7, 11) is 0. The number of halogens is 3. The summed E-state index contributed by atoms with van der Waals surface area (Å²) in [6.07, 6.45) is -0.217. The van der Waals surface area contributed by atoms with Gasteiger partial charge < -0.3 is 5.11 Å². The molecule has 0 amide bonds. The van der Waals surface area contributed by atoms with Crippen LogP contribution in [0.15, 0.2) is 23.6 Å². The fraction of sp³-hybridized carbons (Fsp3) is 0.231. The molecule has 0 saturated carbocycles. The van der Waals surface area contributed by atoms with E-state index in [0.717, 1.165) is 16.0 Å². The van der Waals surface area contributed by atoms with Crippen LogP contribution < -0.4 is 0 Å². The Balaban J connectivity index is 2.21. The number of aliphatic hydroxyl groups excluding tert-OH is 1. The number of rotatable bonds is 3. The molecule has 0 saturated heterocycles. The van der Waals surface area contributed by atoms with Gasteiger partial charge in [0.1, 0.15) is 0 Å². The summed E-state index contributed by atoms with van der Waals surface area (Å²) in [6.45, 7) is 1.92. The van der Waals surface area contributed by atoms with Crippen molar-refractivity contribution in [2.75, 3.05) is 0 Å². The van der Waals surface area contributed by atoms with E-state index in [9.17, 15) is 5.11 Å². The lowest BCUT2D eigenvalue weighted by atomic mass is 10.1. The van der Waals surface area contributed by atoms with E-state index in [0.29, 0.717) is 21.5 Å². The van der Waals surface area contributed by atoms with Crippen LogP contribution >= 0.6 is 46.1 Å². The summed E-state index contributed by atoms with van der Waals surface area (Å²) in [5.41, 5.74) is 1.84. The molecule has 0 spiro atoms. The predicted molar refractivity (Wildman–Crippen MR) is 79.2 cm³/mol. The van der Waals surface area contributed by atoms with Gasteiger partial charge in [-0.2, -0.15) is 0 Å². The first kappa shape index (κ1) is 14.2. The molecule has 1 aromatic heterocycles. The lowest BCUT2D eigenvalue weighted by molar-refractivity contribution is 0.182. The van der Waals surface area contributed by atoms with Crippen molar-refractivity contribution in [3.05, 3.63) is 54.7 Å². The van der Waals surface area contributed by atoms with E-state index >= 15 is 0 Å². The zero-order valence-electron chi connectivity index (χ0n) is 9.58. The number of aliphatic hydroxyl groups is 1. The summed E-state index contributed by atoms with van der Waals surface area (Å²) in [5.74, 6) is 0. The van der Waals surface area contributed by atoms with E-state index in [1.54, 1.807) is 12.1 Å². The van der Waals surface area contributed by atoms with Gasteiger partial charge in [0.25, 0.3) is 0 Å². The molecule has 96 valence electrons. The van der Waals surface area contributed by atoms with E-state index in [-0.39, 0.29) is 0 Å². The van der Waals surface area contributed by atoms with Gasteiger partial charge in [0.15, 0.2) is 0 Å².